The Kier molecular flexibility index (Phi) is 5.87. The van der Waals surface area contributed by atoms with Crippen molar-refractivity contribution < 1.29 is 23.1 Å². The van der Waals surface area contributed by atoms with E-state index in [1.54, 1.807) is 30.3 Å². The van der Waals surface area contributed by atoms with E-state index in [-0.39, 0.29) is 33.7 Å². The van der Waals surface area contributed by atoms with E-state index in [9.17, 15) is 23.1 Å². The molecule has 3 unspecified atom stereocenters. The van der Waals surface area contributed by atoms with Crippen LogP contribution < -0.4 is 0 Å². The summed E-state index contributed by atoms with van der Waals surface area (Å²) in [6, 6.07) is 6.46. The van der Waals surface area contributed by atoms with Gasteiger partial charge in [-0.25, -0.2) is 13.4 Å². The molecule has 1 N–H and O–H groups in total. The van der Waals surface area contributed by atoms with Gasteiger partial charge in [-0.1, -0.05) is 37.6 Å². The average molecular weight is 485 g/mol. The number of carboxylic acid groups (broad SMARTS) is 1. The first-order chi connectivity index (χ1) is 15.7. The van der Waals surface area contributed by atoms with Crippen LogP contribution in [0.25, 0.3) is 0 Å². The van der Waals surface area contributed by atoms with E-state index in [4.69, 9.17) is 0 Å². The minimum Gasteiger partial charge on any atom is -0.480 e. The maximum Gasteiger partial charge on any atom is 0.323 e. The zero-order valence-corrected chi connectivity index (χ0v) is 21.1. The Morgan fingerprint density at radius 3 is 2.44 bits per heavy atom. The first-order valence-electron chi connectivity index (χ1n) is 11.5. The number of fused-ring (bicyclic) bond motifs is 1. The van der Waals surface area contributed by atoms with E-state index in [0.717, 1.165) is 16.8 Å². The molecule has 0 aromatic heterocycles. The maximum atomic E-state index is 13.5. The number of allylic oxidation sites excluding steroid dienone is 2. The second-order valence-electron chi connectivity index (χ2n) is 10.8. The molecule has 3 aliphatic rings. The van der Waals surface area contributed by atoms with Crippen molar-refractivity contribution in [2.24, 2.45) is 21.7 Å². The number of hydrogen-bond acceptors (Lipinski definition) is 6. The fraction of sp³-hybridized carbons (Fsp3) is 0.500. The maximum absolute atomic E-state index is 13.5. The lowest BCUT2D eigenvalue weighted by Crippen LogP contribution is -2.47. The van der Waals surface area contributed by atoms with Crippen LogP contribution in [-0.2, 0) is 19.4 Å². The molecule has 0 bridgehead atoms. The first kappa shape index (κ1) is 24.4. The number of sulfone groups is 1. The molecule has 7 nitrogen and oxygen atoms in total. The largest absolute Gasteiger partial charge is 0.480 e. The molecule has 1 saturated carbocycles. The Balaban J connectivity index is 1.72. The molecule has 0 radical (unpaired) electrons. The first-order valence-corrected chi connectivity index (χ1v) is 13.0. The van der Waals surface area contributed by atoms with E-state index in [1.807, 2.05) is 39.5 Å². The molecule has 1 fully saturated rings. The van der Waals surface area contributed by atoms with Crippen molar-refractivity contribution in [3.63, 3.8) is 0 Å². The number of hydrogen-bond donors (Lipinski definition) is 1. The van der Waals surface area contributed by atoms with Gasteiger partial charge in [-0.3, -0.25) is 9.59 Å². The number of ketones is 1. The third kappa shape index (κ3) is 4.13. The zero-order chi connectivity index (χ0) is 25.1. The fourth-order valence-electron chi connectivity index (χ4n) is 5.77. The van der Waals surface area contributed by atoms with Gasteiger partial charge in [-0.15, -0.1) is 0 Å². The highest BCUT2D eigenvalue weighted by atomic mass is 32.2. The molecule has 2 aliphatic heterocycles. The molecule has 1 aliphatic carbocycles. The Morgan fingerprint density at radius 1 is 1.18 bits per heavy atom. The summed E-state index contributed by atoms with van der Waals surface area (Å²) in [6.45, 7) is 9.46. The standard InChI is InChI=1S/C26H32N2O5S/c1-16-6-8-18(9-7-16)34(32,33)24-26(5,10-11-27-24)12-19-17(2)28(15-22(30)31)20-13-25(3,4)14-21(29)23(19)20/h6-11,20,23H,12-15H2,1-5H3,(H,30,31). The number of carboxylic acids is 1. The lowest BCUT2D eigenvalue weighted by Gasteiger charge is -2.41. The van der Waals surface area contributed by atoms with Gasteiger partial charge >= 0.3 is 5.97 Å². The number of rotatable bonds is 5. The predicted molar refractivity (Wildman–Crippen MR) is 130 cm³/mol. The van der Waals surface area contributed by atoms with Crippen molar-refractivity contribution >= 4 is 26.6 Å². The molecule has 34 heavy (non-hydrogen) atoms. The predicted octanol–water partition coefficient (Wildman–Crippen LogP) is 4.14. The van der Waals surface area contributed by atoms with E-state index in [2.05, 4.69) is 4.99 Å². The number of benzene rings is 1. The molecule has 2 heterocycles. The van der Waals surface area contributed by atoms with E-state index >= 15 is 0 Å². The van der Waals surface area contributed by atoms with Gasteiger partial charge in [0.25, 0.3) is 0 Å². The van der Waals surface area contributed by atoms with Crippen LogP contribution in [0.15, 0.2) is 57.7 Å². The highest BCUT2D eigenvalue weighted by molar-refractivity contribution is 8.06. The van der Waals surface area contributed by atoms with Gasteiger partial charge in [0, 0.05) is 29.8 Å². The molecule has 0 spiro atoms. The Labute approximate surface area is 201 Å². The number of carbonyl (C=O) groups excluding carboxylic acids is 1. The average Bonchev–Trinajstić information content (AvgIpc) is 3.21. The summed E-state index contributed by atoms with van der Waals surface area (Å²) >= 11 is 0. The number of aliphatic carboxylic acids is 1. The highest BCUT2D eigenvalue weighted by Gasteiger charge is 2.52. The van der Waals surface area contributed by atoms with Crippen LogP contribution in [0, 0.1) is 23.7 Å². The van der Waals surface area contributed by atoms with Gasteiger partial charge in [-0.2, -0.15) is 0 Å². The van der Waals surface area contributed by atoms with Crippen molar-refractivity contribution in [2.75, 3.05) is 6.54 Å². The smallest absolute Gasteiger partial charge is 0.323 e. The van der Waals surface area contributed by atoms with Crippen LogP contribution in [0.1, 0.15) is 52.5 Å². The molecule has 1 aromatic rings. The zero-order valence-electron chi connectivity index (χ0n) is 20.3. The third-order valence-electron chi connectivity index (χ3n) is 7.39. The van der Waals surface area contributed by atoms with Crippen molar-refractivity contribution in [3.05, 3.63) is 53.4 Å². The lowest BCUT2D eigenvalue weighted by atomic mass is 9.67. The molecule has 1 aromatic carbocycles. The minimum absolute atomic E-state index is 0.0565. The second-order valence-corrected chi connectivity index (χ2v) is 12.7. The monoisotopic (exact) mass is 484 g/mol. The van der Waals surface area contributed by atoms with Crippen LogP contribution in [0.4, 0.5) is 0 Å². The van der Waals surface area contributed by atoms with Gasteiger partial charge in [0.05, 0.1) is 10.8 Å². The summed E-state index contributed by atoms with van der Waals surface area (Å²) in [5.41, 5.74) is 1.40. The fourth-order valence-corrected chi connectivity index (χ4v) is 7.44. The van der Waals surface area contributed by atoms with Crippen molar-refractivity contribution in [3.8, 4) is 0 Å². The normalized spacial score (nSPS) is 28.3. The van der Waals surface area contributed by atoms with Gasteiger partial charge < -0.3 is 10.0 Å². The summed E-state index contributed by atoms with van der Waals surface area (Å²) in [5, 5.41) is 9.59. The molecular formula is C26H32N2O5S. The van der Waals surface area contributed by atoms with E-state index in [1.165, 1.54) is 6.20 Å². The number of carbonyl (C=O) groups is 2. The van der Waals surface area contributed by atoms with Crippen LogP contribution in [0.3, 0.4) is 0 Å². The lowest BCUT2D eigenvalue weighted by molar-refractivity contribution is -0.140. The van der Waals surface area contributed by atoms with Gasteiger partial charge in [0.1, 0.15) is 17.4 Å². The molecule has 8 heteroatoms. The number of aryl methyl sites for hydroxylation is 1. The summed E-state index contributed by atoms with van der Waals surface area (Å²) < 4.78 is 27.0. The number of Topliss-reactive ketones (excluding diaryl/α,β-unsaturated/α-hetero) is 1. The van der Waals surface area contributed by atoms with Crippen molar-refractivity contribution in [1.29, 1.82) is 0 Å². The molecule has 3 atom stereocenters. The van der Waals surface area contributed by atoms with Gasteiger partial charge in [-0.05, 0) is 56.7 Å². The summed E-state index contributed by atoms with van der Waals surface area (Å²) in [7, 11) is -3.84. The molecule has 0 saturated heterocycles. The topological polar surface area (TPSA) is 104 Å². The van der Waals surface area contributed by atoms with E-state index < -0.39 is 27.1 Å². The minimum atomic E-state index is -3.84. The molecule has 4 rings (SSSR count). The Hall–Kier alpha value is -2.74. The number of aliphatic imine (C=N–C) groups is 1. The van der Waals surface area contributed by atoms with Crippen molar-refractivity contribution in [2.45, 2.75) is 64.8 Å². The Bertz CT molecular complexity index is 1240. The number of nitrogens with zero attached hydrogens (tertiary/aromatic N) is 2. The molecular weight excluding hydrogens is 452 g/mol. The quantitative estimate of drug-likeness (QED) is 0.674. The second kappa shape index (κ2) is 8.18. The SMILES string of the molecule is CC1=C(CC2(C)C=CN=C2S(=O)(=O)c2ccc(C)cc2)C2C(=O)CC(C)(C)CC2N1CC(=O)O. The van der Waals surface area contributed by atoms with E-state index in [0.29, 0.717) is 19.3 Å². The third-order valence-corrected chi connectivity index (χ3v) is 9.36. The van der Waals surface area contributed by atoms with Gasteiger partial charge in [0.15, 0.2) is 0 Å². The van der Waals surface area contributed by atoms with Crippen LogP contribution in [0.2, 0.25) is 0 Å². The summed E-state index contributed by atoms with van der Waals surface area (Å²) in [4.78, 5) is 31.2. The highest BCUT2D eigenvalue weighted by Crippen LogP contribution is 2.51. The summed E-state index contributed by atoms with van der Waals surface area (Å²) in [5.74, 6) is -1.29. The van der Waals surface area contributed by atoms with Crippen LogP contribution in [-0.4, -0.2) is 47.8 Å². The molecule has 0 amide bonds. The molecule has 182 valence electrons. The van der Waals surface area contributed by atoms with Crippen LogP contribution >= 0.6 is 0 Å². The van der Waals surface area contributed by atoms with Gasteiger partial charge in [0.2, 0.25) is 9.84 Å². The Morgan fingerprint density at radius 2 is 1.82 bits per heavy atom. The summed E-state index contributed by atoms with van der Waals surface area (Å²) in [6.07, 6.45) is 4.71. The van der Waals surface area contributed by atoms with Crippen LogP contribution in [0.5, 0.6) is 0 Å². The van der Waals surface area contributed by atoms with Crippen molar-refractivity contribution in [1.82, 2.24) is 4.90 Å².